The lowest BCUT2D eigenvalue weighted by Gasteiger charge is -2.07. The third kappa shape index (κ3) is 4.02. The molecule has 0 atom stereocenters. The van der Waals surface area contributed by atoms with Gasteiger partial charge in [-0.3, -0.25) is 4.79 Å². The van der Waals surface area contributed by atoms with E-state index in [0.29, 0.717) is 11.5 Å². The predicted molar refractivity (Wildman–Crippen MR) is 98.7 cm³/mol. The van der Waals surface area contributed by atoms with Gasteiger partial charge in [-0.1, -0.05) is 54.1 Å². The van der Waals surface area contributed by atoms with E-state index in [0.717, 1.165) is 5.56 Å². The van der Waals surface area contributed by atoms with Crippen molar-refractivity contribution in [2.75, 3.05) is 0 Å². The molecular formula is C20H14ClNO4. The van der Waals surface area contributed by atoms with Crippen LogP contribution in [0.2, 0.25) is 5.02 Å². The maximum absolute atomic E-state index is 12.3. The van der Waals surface area contributed by atoms with E-state index < -0.39 is 11.9 Å². The van der Waals surface area contributed by atoms with Crippen LogP contribution in [-0.4, -0.2) is 17.0 Å². The number of amides is 1. The summed E-state index contributed by atoms with van der Waals surface area (Å²) in [6.45, 7) is 0. The smallest absolute Gasteiger partial charge is 0.352 e. The highest BCUT2D eigenvalue weighted by Crippen LogP contribution is 2.23. The topological polar surface area (TPSA) is 79.5 Å². The first-order valence-corrected chi connectivity index (χ1v) is 8.08. The van der Waals surface area contributed by atoms with E-state index in [-0.39, 0.29) is 16.3 Å². The highest BCUT2D eigenvalue weighted by Gasteiger charge is 2.16. The number of benzene rings is 2. The Bertz CT molecular complexity index is 976. The fourth-order valence-corrected chi connectivity index (χ4v) is 2.54. The molecule has 2 N–H and O–H groups in total. The highest BCUT2D eigenvalue weighted by molar-refractivity contribution is 6.34. The van der Waals surface area contributed by atoms with Gasteiger partial charge in [0, 0.05) is 11.6 Å². The first-order valence-electron chi connectivity index (χ1n) is 7.71. The van der Waals surface area contributed by atoms with Crippen LogP contribution in [-0.2, 0) is 4.79 Å². The highest BCUT2D eigenvalue weighted by atomic mass is 35.5. The van der Waals surface area contributed by atoms with Crippen LogP contribution in [0.4, 0.5) is 0 Å². The summed E-state index contributed by atoms with van der Waals surface area (Å²) in [4.78, 5) is 23.7. The second-order valence-electron chi connectivity index (χ2n) is 5.37. The predicted octanol–water partition coefficient (Wildman–Crippen LogP) is 4.46. The molecule has 3 aromatic rings. The van der Waals surface area contributed by atoms with Crippen molar-refractivity contribution in [1.82, 2.24) is 5.32 Å². The standard InChI is InChI=1S/C20H14ClNO4/c21-16-9-5-4-8-15(16)19(23)22-17(20(24)25)12-14-10-11-18(26-14)13-6-2-1-3-7-13/h1-12H,(H,22,23)(H,24,25)/b17-12-. The van der Waals surface area contributed by atoms with Gasteiger partial charge >= 0.3 is 5.97 Å². The lowest BCUT2D eigenvalue weighted by molar-refractivity contribution is -0.132. The monoisotopic (exact) mass is 367 g/mol. The molecule has 5 nitrogen and oxygen atoms in total. The Balaban J connectivity index is 1.84. The minimum Gasteiger partial charge on any atom is -0.477 e. The zero-order valence-electron chi connectivity index (χ0n) is 13.5. The number of nitrogens with one attached hydrogen (secondary N) is 1. The normalized spacial score (nSPS) is 11.2. The van der Waals surface area contributed by atoms with Crippen molar-refractivity contribution < 1.29 is 19.1 Å². The van der Waals surface area contributed by atoms with Gasteiger partial charge in [-0.25, -0.2) is 4.79 Å². The van der Waals surface area contributed by atoms with E-state index in [1.54, 1.807) is 30.3 Å². The lowest BCUT2D eigenvalue weighted by Crippen LogP contribution is -2.27. The Kier molecular flexibility index (Phi) is 5.20. The second kappa shape index (κ2) is 7.72. The molecule has 26 heavy (non-hydrogen) atoms. The number of halogens is 1. The molecule has 1 heterocycles. The molecule has 0 spiro atoms. The molecule has 1 aromatic heterocycles. The summed E-state index contributed by atoms with van der Waals surface area (Å²) in [5.41, 5.74) is 0.735. The molecule has 0 bridgehead atoms. The Morgan fingerprint density at radius 1 is 0.962 bits per heavy atom. The molecule has 1 amide bonds. The van der Waals surface area contributed by atoms with E-state index in [2.05, 4.69) is 5.32 Å². The van der Waals surface area contributed by atoms with E-state index >= 15 is 0 Å². The van der Waals surface area contributed by atoms with Gasteiger partial charge < -0.3 is 14.8 Å². The van der Waals surface area contributed by atoms with E-state index in [1.807, 2.05) is 30.3 Å². The Morgan fingerprint density at radius 2 is 1.65 bits per heavy atom. The van der Waals surface area contributed by atoms with Crippen molar-refractivity contribution in [3.05, 3.63) is 88.8 Å². The van der Waals surface area contributed by atoms with Crippen LogP contribution in [0.15, 0.2) is 76.8 Å². The second-order valence-corrected chi connectivity index (χ2v) is 5.77. The number of aliphatic carboxylic acids is 1. The summed E-state index contributed by atoms with van der Waals surface area (Å²) in [5.74, 6) is -0.998. The van der Waals surface area contributed by atoms with Crippen molar-refractivity contribution in [2.24, 2.45) is 0 Å². The fourth-order valence-electron chi connectivity index (χ4n) is 2.32. The Morgan fingerprint density at radius 3 is 2.35 bits per heavy atom. The van der Waals surface area contributed by atoms with Gasteiger partial charge in [0.2, 0.25) is 0 Å². The van der Waals surface area contributed by atoms with Crippen molar-refractivity contribution in [2.45, 2.75) is 0 Å². The first-order chi connectivity index (χ1) is 12.5. The van der Waals surface area contributed by atoms with Gasteiger partial charge in [0.25, 0.3) is 5.91 Å². The maximum Gasteiger partial charge on any atom is 0.352 e. The zero-order valence-corrected chi connectivity index (χ0v) is 14.2. The SMILES string of the molecule is O=C(O)/C(=C/c1ccc(-c2ccccc2)o1)NC(=O)c1ccccc1Cl. The average Bonchev–Trinajstić information content (AvgIpc) is 3.11. The molecule has 0 radical (unpaired) electrons. The molecule has 2 aromatic carbocycles. The number of carboxylic acids is 1. The summed E-state index contributed by atoms with van der Waals surface area (Å²) in [5, 5.41) is 12.0. The fraction of sp³-hybridized carbons (Fsp3) is 0. The molecule has 0 saturated carbocycles. The van der Waals surface area contributed by atoms with Gasteiger partial charge in [-0.2, -0.15) is 0 Å². The minimum absolute atomic E-state index is 0.186. The van der Waals surface area contributed by atoms with Crippen molar-refractivity contribution in [3.63, 3.8) is 0 Å². The molecule has 3 rings (SSSR count). The zero-order chi connectivity index (χ0) is 18.5. The number of rotatable bonds is 5. The number of carboxylic acid groups (broad SMARTS) is 1. The van der Waals surface area contributed by atoms with Crippen molar-refractivity contribution >= 4 is 29.6 Å². The van der Waals surface area contributed by atoms with E-state index in [1.165, 1.54) is 12.1 Å². The molecule has 130 valence electrons. The molecule has 0 unspecified atom stereocenters. The summed E-state index contributed by atoms with van der Waals surface area (Å²) in [6, 6.07) is 19.2. The minimum atomic E-state index is -1.29. The number of carbonyl (C=O) groups excluding carboxylic acids is 1. The van der Waals surface area contributed by atoms with Crippen LogP contribution in [0.3, 0.4) is 0 Å². The Labute approximate surface area is 154 Å². The van der Waals surface area contributed by atoms with Crippen LogP contribution in [0, 0.1) is 0 Å². The van der Waals surface area contributed by atoms with Crippen LogP contribution in [0.1, 0.15) is 16.1 Å². The largest absolute Gasteiger partial charge is 0.477 e. The molecule has 0 aliphatic carbocycles. The molecule has 0 aliphatic heterocycles. The van der Waals surface area contributed by atoms with Gasteiger partial charge in [0.05, 0.1) is 10.6 Å². The number of hydrogen-bond acceptors (Lipinski definition) is 3. The maximum atomic E-state index is 12.3. The van der Waals surface area contributed by atoms with Crippen LogP contribution < -0.4 is 5.32 Å². The Hall–Kier alpha value is -3.31. The summed E-state index contributed by atoms with van der Waals surface area (Å²) in [7, 11) is 0. The van der Waals surface area contributed by atoms with Crippen molar-refractivity contribution in [1.29, 1.82) is 0 Å². The van der Waals surface area contributed by atoms with E-state index in [9.17, 15) is 14.7 Å². The molecule has 6 heteroatoms. The van der Waals surface area contributed by atoms with Gasteiger partial charge in [0.15, 0.2) is 0 Å². The average molecular weight is 368 g/mol. The quantitative estimate of drug-likeness (QED) is 0.653. The number of furan rings is 1. The number of hydrogen-bond donors (Lipinski definition) is 2. The molecule has 0 saturated heterocycles. The summed E-state index contributed by atoms with van der Waals surface area (Å²) < 4.78 is 5.64. The third-order valence-electron chi connectivity index (χ3n) is 3.57. The van der Waals surface area contributed by atoms with Gasteiger partial charge in [-0.15, -0.1) is 0 Å². The molecular weight excluding hydrogens is 354 g/mol. The van der Waals surface area contributed by atoms with Crippen molar-refractivity contribution in [3.8, 4) is 11.3 Å². The summed E-state index contributed by atoms with van der Waals surface area (Å²) >= 11 is 5.97. The van der Waals surface area contributed by atoms with Gasteiger partial charge in [0.1, 0.15) is 17.2 Å². The van der Waals surface area contributed by atoms with Crippen LogP contribution >= 0.6 is 11.6 Å². The first kappa shape index (κ1) is 17.5. The summed E-state index contributed by atoms with van der Waals surface area (Å²) in [6.07, 6.45) is 1.25. The van der Waals surface area contributed by atoms with Gasteiger partial charge in [-0.05, 0) is 24.3 Å². The lowest BCUT2D eigenvalue weighted by atomic mass is 10.2. The van der Waals surface area contributed by atoms with Crippen LogP contribution in [0.5, 0.6) is 0 Å². The van der Waals surface area contributed by atoms with E-state index in [4.69, 9.17) is 16.0 Å². The molecule has 0 aliphatic rings. The molecule has 0 fully saturated rings. The van der Waals surface area contributed by atoms with Crippen LogP contribution in [0.25, 0.3) is 17.4 Å². The number of carbonyl (C=O) groups is 2. The third-order valence-corrected chi connectivity index (χ3v) is 3.90.